The maximum Gasteiger partial charge on any atom is 0.317 e. The Bertz CT molecular complexity index is 289. The van der Waals surface area contributed by atoms with Gasteiger partial charge in [-0.15, -0.1) is 0 Å². The van der Waals surface area contributed by atoms with E-state index in [0.717, 1.165) is 64.8 Å². The van der Waals surface area contributed by atoms with E-state index in [-0.39, 0.29) is 6.03 Å². The van der Waals surface area contributed by atoms with Crippen LogP contribution in [-0.4, -0.2) is 60.6 Å². The summed E-state index contributed by atoms with van der Waals surface area (Å²) in [5, 5.41) is 3.00. The van der Waals surface area contributed by atoms with Crippen molar-refractivity contribution >= 4 is 6.03 Å². The fraction of sp³-hybridized carbons (Fsp3) is 0.929. The highest BCUT2D eigenvalue weighted by Gasteiger charge is 2.31. The van der Waals surface area contributed by atoms with Gasteiger partial charge in [0.25, 0.3) is 0 Å². The SMILES string of the molecule is CCCCNC(=O)N1CCC(N2CCC(N)CC2)C1. The molecule has 5 heteroatoms. The van der Waals surface area contributed by atoms with E-state index in [1.807, 2.05) is 4.90 Å². The molecule has 2 saturated heterocycles. The number of amides is 2. The molecule has 2 aliphatic heterocycles. The van der Waals surface area contributed by atoms with Crippen molar-refractivity contribution in [3.05, 3.63) is 0 Å². The van der Waals surface area contributed by atoms with Crippen molar-refractivity contribution in [3.8, 4) is 0 Å². The van der Waals surface area contributed by atoms with Crippen molar-refractivity contribution in [2.24, 2.45) is 5.73 Å². The van der Waals surface area contributed by atoms with Crippen LogP contribution in [0.25, 0.3) is 0 Å². The third-order valence-corrected chi connectivity index (χ3v) is 4.35. The molecule has 0 bridgehead atoms. The van der Waals surface area contributed by atoms with Crippen molar-refractivity contribution in [2.75, 3.05) is 32.7 Å². The second-order valence-corrected chi connectivity index (χ2v) is 5.85. The highest BCUT2D eigenvalue weighted by molar-refractivity contribution is 5.74. The van der Waals surface area contributed by atoms with Crippen molar-refractivity contribution in [1.29, 1.82) is 0 Å². The molecule has 0 saturated carbocycles. The van der Waals surface area contributed by atoms with Gasteiger partial charge >= 0.3 is 6.03 Å². The van der Waals surface area contributed by atoms with Crippen molar-refractivity contribution in [2.45, 2.75) is 51.1 Å². The van der Waals surface area contributed by atoms with Crippen LogP contribution in [0.3, 0.4) is 0 Å². The molecule has 3 N–H and O–H groups in total. The summed E-state index contributed by atoms with van der Waals surface area (Å²) in [4.78, 5) is 16.5. The maximum atomic E-state index is 12.0. The van der Waals surface area contributed by atoms with E-state index in [1.165, 1.54) is 0 Å². The van der Waals surface area contributed by atoms with Gasteiger partial charge < -0.3 is 16.0 Å². The molecular formula is C14H28N4O. The third-order valence-electron chi connectivity index (χ3n) is 4.35. The molecule has 110 valence electrons. The van der Waals surface area contributed by atoms with Gasteiger partial charge in [0, 0.05) is 31.7 Å². The number of likely N-dealkylation sites (tertiary alicyclic amines) is 2. The van der Waals surface area contributed by atoms with Crippen molar-refractivity contribution in [3.63, 3.8) is 0 Å². The molecular weight excluding hydrogens is 240 g/mol. The highest BCUT2D eigenvalue weighted by atomic mass is 16.2. The normalized spacial score (nSPS) is 25.8. The molecule has 2 amide bonds. The Morgan fingerprint density at radius 2 is 2.00 bits per heavy atom. The summed E-state index contributed by atoms with van der Waals surface area (Å²) in [5.74, 6) is 0. The first-order valence-corrected chi connectivity index (χ1v) is 7.73. The lowest BCUT2D eigenvalue weighted by Crippen LogP contribution is -2.47. The summed E-state index contributed by atoms with van der Waals surface area (Å²) in [6.07, 6.45) is 5.48. The Morgan fingerprint density at radius 3 is 2.68 bits per heavy atom. The number of nitrogens with one attached hydrogen (secondary N) is 1. The van der Waals surface area contributed by atoms with Crippen LogP contribution in [0.1, 0.15) is 39.0 Å². The second-order valence-electron chi connectivity index (χ2n) is 5.85. The number of carbonyl (C=O) groups is 1. The Kier molecular flexibility index (Phi) is 5.45. The van der Waals surface area contributed by atoms with Crippen LogP contribution in [0.4, 0.5) is 4.79 Å². The zero-order chi connectivity index (χ0) is 13.7. The van der Waals surface area contributed by atoms with Crippen molar-refractivity contribution in [1.82, 2.24) is 15.1 Å². The summed E-state index contributed by atoms with van der Waals surface area (Å²) < 4.78 is 0. The van der Waals surface area contributed by atoms with E-state index in [0.29, 0.717) is 12.1 Å². The number of nitrogens with zero attached hydrogens (tertiary/aromatic N) is 2. The molecule has 5 nitrogen and oxygen atoms in total. The average Bonchev–Trinajstić information content (AvgIpc) is 2.89. The first-order chi connectivity index (χ1) is 9.20. The topological polar surface area (TPSA) is 61.6 Å². The molecule has 0 radical (unpaired) electrons. The third kappa shape index (κ3) is 4.08. The number of carbonyl (C=O) groups excluding carboxylic acids is 1. The molecule has 1 unspecified atom stereocenters. The summed E-state index contributed by atoms with van der Waals surface area (Å²) in [7, 11) is 0. The molecule has 0 aromatic rings. The van der Waals surface area contributed by atoms with E-state index < -0.39 is 0 Å². The predicted octanol–water partition coefficient (Wildman–Crippen LogP) is 0.994. The summed E-state index contributed by atoms with van der Waals surface area (Å²) in [5.41, 5.74) is 5.94. The molecule has 19 heavy (non-hydrogen) atoms. The molecule has 0 aromatic carbocycles. The fourth-order valence-electron chi connectivity index (χ4n) is 2.99. The van der Waals surface area contributed by atoms with Crippen LogP contribution in [0.2, 0.25) is 0 Å². The van der Waals surface area contributed by atoms with Crippen LogP contribution in [0.5, 0.6) is 0 Å². The smallest absolute Gasteiger partial charge is 0.317 e. The van der Waals surface area contributed by atoms with Crippen LogP contribution in [0.15, 0.2) is 0 Å². The lowest BCUT2D eigenvalue weighted by molar-refractivity contribution is 0.152. The van der Waals surface area contributed by atoms with E-state index in [1.54, 1.807) is 0 Å². The van der Waals surface area contributed by atoms with Gasteiger partial charge in [-0.25, -0.2) is 4.79 Å². The number of piperidine rings is 1. The van der Waals surface area contributed by atoms with Gasteiger partial charge in [0.2, 0.25) is 0 Å². The van der Waals surface area contributed by atoms with Crippen LogP contribution < -0.4 is 11.1 Å². The molecule has 2 heterocycles. The Hall–Kier alpha value is -0.810. The summed E-state index contributed by atoms with van der Waals surface area (Å²) in [6, 6.07) is 1.04. The Labute approximate surface area is 116 Å². The molecule has 0 aliphatic carbocycles. The van der Waals surface area contributed by atoms with Gasteiger partial charge in [-0.05, 0) is 38.8 Å². The Balaban J connectivity index is 1.72. The molecule has 0 spiro atoms. The lowest BCUT2D eigenvalue weighted by Gasteiger charge is -2.34. The summed E-state index contributed by atoms with van der Waals surface area (Å²) in [6.45, 7) is 6.90. The van der Waals surface area contributed by atoms with Gasteiger partial charge in [0.1, 0.15) is 0 Å². The Morgan fingerprint density at radius 1 is 1.26 bits per heavy atom. The fourth-order valence-corrected chi connectivity index (χ4v) is 2.99. The minimum atomic E-state index is 0.115. The number of hydrogen-bond acceptors (Lipinski definition) is 3. The summed E-state index contributed by atoms with van der Waals surface area (Å²) >= 11 is 0. The van der Waals surface area contributed by atoms with E-state index >= 15 is 0 Å². The predicted molar refractivity (Wildman–Crippen MR) is 77.1 cm³/mol. The standard InChI is InChI=1S/C14H28N4O/c1-2-3-7-16-14(19)18-10-6-13(11-18)17-8-4-12(15)5-9-17/h12-13H,2-11,15H2,1H3,(H,16,19). The van der Waals surface area contributed by atoms with E-state index in [4.69, 9.17) is 5.73 Å². The first-order valence-electron chi connectivity index (χ1n) is 7.73. The molecule has 2 rings (SSSR count). The van der Waals surface area contributed by atoms with Crippen LogP contribution >= 0.6 is 0 Å². The number of hydrogen-bond donors (Lipinski definition) is 2. The van der Waals surface area contributed by atoms with Gasteiger partial charge in [-0.2, -0.15) is 0 Å². The van der Waals surface area contributed by atoms with Gasteiger partial charge in [0.05, 0.1) is 0 Å². The highest BCUT2D eigenvalue weighted by Crippen LogP contribution is 2.19. The molecule has 0 aromatic heterocycles. The van der Waals surface area contributed by atoms with Crippen LogP contribution in [0, 0.1) is 0 Å². The minimum absolute atomic E-state index is 0.115. The number of unbranched alkanes of at least 4 members (excludes halogenated alkanes) is 1. The first kappa shape index (κ1) is 14.6. The van der Waals surface area contributed by atoms with Crippen LogP contribution in [-0.2, 0) is 0 Å². The monoisotopic (exact) mass is 268 g/mol. The average molecular weight is 268 g/mol. The quantitative estimate of drug-likeness (QED) is 0.748. The lowest BCUT2D eigenvalue weighted by atomic mass is 10.0. The number of rotatable bonds is 4. The van der Waals surface area contributed by atoms with E-state index in [9.17, 15) is 4.79 Å². The number of urea groups is 1. The largest absolute Gasteiger partial charge is 0.338 e. The van der Waals surface area contributed by atoms with E-state index in [2.05, 4.69) is 17.1 Å². The maximum absolute atomic E-state index is 12.0. The molecule has 2 fully saturated rings. The zero-order valence-corrected chi connectivity index (χ0v) is 12.1. The second kappa shape index (κ2) is 7.10. The van der Waals surface area contributed by atoms with Crippen molar-refractivity contribution < 1.29 is 4.79 Å². The zero-order valence-electron chi connectivity index (χ0n) is 12.1. The van der Waals surface area contributed by atoms with Gasteiger partial charge in [-0.3, -0.25) is 4.90 Å². The molecule has 2 aliphatic rings. The minimum Gasteiger partial charge on any atom is -0.338 e. The van der Waals surface area contributed by atoms with Gasteiger partial charge in [-0.1, -0.05) is 13.3 Å². The van der Waals surface area contributed by atoms with Gasteiger partial charge in [0.15, 0.2) is 0 Å². The molecule has 1 atom stereocenters. The number of nitrogens with two attached hydrogens (primary N) is 1.